The van der Waals surface area contributed by atoms with E-state index in [0.717, 1.165) is 5.41 Å². The van der Waals surface area contributed by atoms with Crippen molar-refractivity contribution < 1.29 is 22.7 Å². The molecule has 8 nitrogen and oxygen atoms in total. The summed E-state index contributed by atoms with van der Waals surface area (Å²) < 4.78 is 30.4. The smallest absolute Gasteiger partial charge is 0.321 e. The molecule has 0 aliphatic heterocycles. The zero-order chi connectivity index (χ0) is 20.5. The van der Waals surface area contributed by atoms with Gasteiger partial charge in [-0.2, -0.15) is 5.26 Å². The standard InChI is InChI=1S/C18H23N3O5S/c1-14(2)18(3,13-19)21-16(22)12-26-17(23)11-20-27(24,25)10-9-15-7-5-4-6-8-15/h4-10,14,20H,11-12H2,1-3H3,(H,21,22). The fourth-order valence-electron chi connectivity index (χ4n) is 1.76. The summed E-state index contributed by atoms with van der Waals surface area (Å²) in [5, 5.41) is 12.5. The highest BCUT2D eigenvalue weighted by atomic mass is 32.2. The fraction of sp³-hybridized carbons (Fsp3) is 0.389. The first kappa shape index (κ1) is 22.3. The Morgan fingerprint density at radius 1 is 1.30 bits per heavy atom. The number of nitriles is 1. The van der Waals surface area contributed by atoms with Crippen LogP contribution < -0.4 is 10.0 Å². The van der Waals surface area contributed by atoms with Crippen molar-refractivity contribution in [2.75, 3.05) is 13.2 Å². The highest BCUT2D eigenvalue weighted by Crippen LogP contribution is 2.14. The van der Waals surface area contributed by atoms with Gasteiger partial charge >= 0.3 is 5.97 Å². The highest BCUT2D eigenvalue weighted by Gasteiger charge is 2.30. The predicted molar refractivity (Wildman–Crippen MR) is 100 cm³/mol. The summed E-state index contributed by atoms with van der Waals surface area (Å²) in [4.78, 5) is 23.4. The second-order valence-corrected chi connectivity index (χ2v) is 7.91. The van der Waals surface area contributed by atoms with Gasteiger partial charge < -0.3 is 10.1 Å². The van der Waals surface area contributed by atoms with E-state index in [0.29, 0.717) is 5.56 Å². The maximum atomic E-state index is 11.8. The molecule has 0 aliphatic carbocycles. The Hall–Kier alpha value is -2.70. The number of esters is 1. The second-order valence-electron chi connectivity index (χ2n) is 6.26. The summed E-state index contributed by atoms with van der Waals surface area (Å²) in [6, 6.07) is 10.8. The minimum Gasteiger partial charge on any atom is -0.455 e. The number of carbonyl (C=O) groups excluding carboxylic acids is 2. The number of sulfonamides is 1. The van der Waals surface area contributed by atoms with Crippen molar-refractivity contribution in [1.29, 1.82) is 5.26 Å². The van der Waals surface area contributed by atoms with E-state index in [1.54, 1.807) is 51.1 Å². The molecule has 0 aliphatic rings. The minimum absolute atomic E-state index is 0.148. The van der Waals surface area contributed by atoms with Crippen LogP contribution in [0.5, 0.6) is 0 Å². The van der Waals surface area contributed by atoms with E-state index in [2.05, 4.69) is 10.0 Å². The zero-order valence-electron chi connectivity index (χ0n) is 15.4. The van der Waals surface area contributed by atoms with Crippen LogP contribution in [0.15, 0.2) is 35.7 Å². The van der Waals surface area contributed by atoms with E-state index in [4.69, 9.17) is 10.00 Å². The van der Waals surface area contributed by atoms with Crippen molar-refractivity contribution in [1.82, 2.24) is 10.0 Å². The molecule has 1 amide bonds. The van der Waals surface area contributed by atoms with E-state index in [1.165, 1.54) is 6.08 Å². The first-order valence-electron chi connectivity index (χ1n) is 8.18. The van der Waals surface area contributed by atoms with E-state index >= 15 is 0 Å². The van der Waals surface area contributed by atoms with Crippen LogP contribution in [0, 0.1) is 17.2 Å². The number of benzene rings is 1. The quantitative estimate of drug-likeness (QED) is 0.607. The van der Waals surface area contributed by atoms with Gasteiger partial charge in [-0.3, -0.25) is 9.59 Å². The van der Waals surface area contributed by atoms with Gasteiger partial charge in [-0.25, -0.2) is 13.1 Å². The minimum atomic E-state index is -3.83. The van der Waals surface area contributed by atoms with E-state index in [-0.39, 0.29) is 5.92 Å². The molecule has 1 atom stereocenters. The molecule has 146 valence electrons. The van der Waals surface area contributed by atoms with E-state index in [9.17, 15) is 18.0 Å². The lowest BCUT2D eigenvalue weighted by Crippen LogP contribution is -2.50. The molecule has 0 saturated heterocycles. The lowest BCUT2D eigenvalue weighted by Gasteiger charge is -2.27. The summed E-state index contributed by atoms with van der Waals surface area (Å²) in [7, 11) is -3.83. The van der Waals surface area contributed by atoms with Crippen LogP contribution >= 0.6 is 0 Å². The zero-order valence-corrected chi connectivity index (χ0v) is 16.2. The second kappa shape index (κ2) is 9.85. The van der Waals surface area contributed by atoms with Crippen molar-refractivity contribution in [2.45, 2.75) is 26.3 Å². The topological polar surface area (TPSA) is 125 Å². The molecule has 0 aromatic heterocycles. The van der Waals surface area contributed by atoms with Gasteiger partial charge in [-0.05, 0) is 24.5 Å². The Labute approximate surface area is 159 Å². The lowest BCUT2D eigenvalue weighted by molar-refractivity contribution is -0.147. The van der Waals surface area contributed by atoms with Crippen LogP contribution in [0.1, 0.15) is 26.3 Å². The first-order valence-corrected chi connectivity index (χ1v) is 9.73. The molecule has 0 bridgehead atoms. The number of ether oxygens (including phenoxy) is 1. The lowest BCUT2D eigenvalue weighted by atomic mass is 9.90. The number of carbonyl (C=O) groups is 2. The van der Waals surface area contributed by atoms with Gasteiger partial charge in [0.1, 0.15) is 12.1 Å². The normalized spacial score (nSPS) is 13.7. The first-order chi connectivity index (χ1) is 12.6. The average Bonchev–Trinajstić information content (AvgIpc) is 2.64. The molecule has 0 fully saturated rings. The molecule has 0 radical (unpaired) electrons. The molecule has 0 saturated carbocycles. The molecule has 1 aromatic carbocycles. The van der Waals surface area contributed by atoms with Crippen molar-refractivity contribution in [3.05, 3.63) is 41.3 Å². The molecule has 1 unspecified atom stereocenters. The Morgan fingerprint density at radius 2 is 1.93 bits per heavy atom. The van der Waals surface area contributed by atoms with Gasteiger partial charge in [-0.1, -0.05) is 44.2 Å². The van der Waals surface area contributed by atoms with Gasteiger partial charge in [0.2, 0.25) is 10.0 Å². The van der Waals surface area contributed by atoms with Gasteiger partial charge in [0.25, 0.3) is 5.91 Å². The Bertz CT molecular complexity index is 828. The van der Waals surface area contributed by atoms with E-state index in [1.807, 2.05) is 6.07 Å². The number of nitrogens with zero attached hydrogens (tertiary/aromatic N) is 1. The summed E-state index contributed by atoms with van der Waals surface area (Å²) in [5.74, 6) is -1.71. The number of hydrogen-bond acceptors (Lipinski definition) is 6. The molecule has 1 rings (SSSR count). The highest BCUT2D eigenvalue weighted by molar-refractivity contribution is 7.92. The monoisotopic (exact) mass is 393 g/mol. The Balaban J connectivity index is 2.45. The molecule has 1 aromatic rings. The van der Waals surface area contributed by atoms with Crippen molar-refractivity contribution >= 4 is 28.0 Å². The van der Waals surface area contributed by atoms with E-state index < -0.39 is 40.6 Å². The van der Waals surface area contributed by atoms with Gasteiger partial charge in [0.05, 0.1) is 6.07 Å². The van der Waals surface area contributed by atoms with Crippen LogP contribution in [0.25, 0.3) is 6.08 Å². The van der Waals surface area contributed by atoms with Gasteiger partial charge in [0.15, 0.2) is 6.61 Å². The SMILES string of the molecule is CC(C)C(C)(C#N)NC(=O)COC(=O)CNS(=O)(=O)C=Cc1ccccc1. The number of nitrogens with one attached hydrogen (secondary N) is 2. The predicted octanol–water partition coefficient (Wildman–Crippen LogP) is 1.17. The molecule has 27 heavy (non-hydrogen) atoms. The van der Waals surface area contributed by atoms with Crippen LogP contribution in [-0.2, 0) is 24.3 Å². The molecular formula is C18H23N3O5S. The average molecular weight is 393 g/mol. The third-order valence-corrected chi connectivity index (χ3v) is 4.85. The van der Waals surface area contributed by atoms with Crippen LogP contribution in [0.4, 0.5) is 0 Å². The number of amides is 1. The molecule has 9 heteroatoms. The third kappa shape index (κ3) is 8.02. The maximum Gasteiger partial charge on any atom is 0.321 e. The van der Waals surface area contributed by atoms with Gasteiger partial charge in [-0.15, -0.1) is 0 Å². The Kier molecular flexibility index (Phi) is 8.15. The molecule has 0 spiro atoms. The van der Waals surface area contributed by atoms with Crippen molar-refractivity contribution in [3.63, 3.8) is 0 Å². The summed E-state index contributed by atoms with van der Waals surface area (Å²) >= 11 is 0. The van der Waals surface area contributed by atoms with Crippen LogP contribution in [0.3, 0.4) is 0 Å². The Morgan fingerprint density at radius 3 is 2.48 bits per heavy atom. The maximum absolute atomic E-state index is 11.8. The van der Waals surface area contributed by atoms with Gasteiger partial charge in [0, 0.05) is 5.41 Å². The number of rotatable bonds is 9. The number of hydrogen-bond donors (Lipinski definition) is 2. The van der Waals surface area contributed by atoms with Crippen LogP contribution in [-0.4, -0.2) is 39.0 Å². The fourth-order valence-corrected chi connectivity index (χ4v) is 2.52. The third-order valence-electron chi connectivity index (χ3n) is 3.81. The summed E-state index contributed by atoms with van der Waals surface area (Å²) in [6.07, 6.45) is 1.38. The summed E-state index contributed by atoms with van der Waals surface area (Å²) in [5.41, 5.74) is -0.402. The van der Waals surface area contributed by atoms with Crippen molar-refractivity contribution in [3.8, 4) is 6.07 Å². The summed E-state index contributed by atoms with van der Waals surface area (Å²) in [6.45, 7) is 3.88. The largest absolute Gasteiger partial charge is 0.455 e. The molecular weight excluding hydrogens is 370 g/mol. The molecule has 2 N–H and O–H groups in total. The van der Waals surface area contributed by atoms with Crippen molar-refractivity contribution in [2.24, 2.45) is 5.92 Å². The molecule has 0 heterocycles. The van der Waals surface area contributed by atoms with Crippen LogP contribution in [0.2, 0.25) is 0 Å².